The summed E-state index contributed by atoms with van der Waals surface area (Å²) in [4.78, 5) is 20.6. The van der Waals surface area contributed by atoms with E-state index in [9.17, 15) is 17.6 Å². The van der Waals surface area contributed by atoms with Crippen LogP contribution in [0.1, 0.15) is 64.6 Å². The number of Topliss-reactive ketones (excluding diaryl/α,β-unsaturated/α-hetero) is 1. The van der Waals surface area contributed by atoms with Gasteiger partial charge < -0.3 is 4.79 Å². The predicted octanol–water partition coefficient (Wildman–Crippen LogP) is 5.46. The van der Waals surface area contributed by atoms with Crippen LogP contribution >= 0.6 is 0 Å². The van der Waals surface area contributed by atoms with Crippen LogP contribution in [0.5, 0.6) is 0 Å². The Balaban J connectivity index is 2.61. The molecule has 180 valence electrons. The Morgan fingerprint density at radius 1 is 1.12 bits per heavy atom. The van der Waals surface area contributed by atoms with Gasteiger partial charge in [-0.05, 0) is 55.4 Å². The topological polar surface area (TPSA) is 80.2 Å². The van der Waals surface area contributed by atoms with Gasteiger partial charge in [0.05, 0.1) is 17.6 Å². The monoisotopic (exact) mass is 475 g/mol. The van der Waals surface area contributed by atoms with Gasteiger partial charge >= 0.3 is 0 Å². The molecule has 0 N–H and O–H groups in total. The fourth-order valence-corrected chi connectivity index (χ4v) is 4.12. The number of ketones is 1. The molecule has 2 aromatic rings. The predicted molar refractivity (Wildman–Crippen MR) is 132 cm³/mol. The quantitative estimate of drug-likeness (QED) is 0.456. The molecule has 0 saturated carbocycles. The van der Waals surface area contributed by atoms with Crippen molar-refractivity contribution >= 4 is 27.8 Å². The van der Waals surface area contributed by atoms with Crippen molar-refractivity contribution in [2.24, 2.45) is 11.8 Å². The highest BCUT2D eigenvalue weighted by Crippen LogP contribution is 2.32. The van der Waals surface area contributed by atoms with Gasteiger partial charge in [0.1, 0.15) is 11.6 Å². The van der Waals surface area contributed by atoms with Crippen molar-refractivity contribution in [1.29, 1.82) is 0 Å². The molecule has 1 heterocycles. The molecular weight excluding hydrogens is 441 g/mol. The lowest BCUT2D eigenvalue weighted by molar-refractivity contribution is -0.117. The van der Waals surface area contributed by atoms with Crippen LogP contribution in [-0.4, -0.2) is 37.5 Å². The van der Waals surface area contributed by atoms with Gasteiger partial charge in [-0.1, -0.05) is 39.8 Å². The van der Waals surface area contributed by atoms with E-state index < -0.39 is 10.0 Å². The van der Waals surface area contributed by atoms with Gasteiger partial charge in [0.25, 0.3) is 0 Å². The molecule has 2 rings (SSSR count). The maximum absolute atomic E-state index is 13.6. The molecule has 2 atom stereocenters. The molecular formula is C25H34FN3O3S. The lowest BCUT2D eigenvalue weighted by atomic mass is 9.91. The zero-order chi connectivity index (χ0) is 24.9. The van der Waals surface area contributed by atoms with Crippen molar-refractivity contribution in [2.45, 2.75) is 53.4 Å². The van der Waals surface area contributed by atoms with Crippen LogP contribution in [0.15, 0.2) is 30.3 Å². The summed E-state index contributed by atoms with van der Waals surface area (Å²) < 4.78 is 38.9. The van der Waals surface area contributed by atoms with E-state index in [4.69, 9.17) is 0 Å². The van der Waals surface area contributed by atoms with E-state index in [0.717, 1.165) is 22.5 Å². The van der Waals surface area contributed by atoms with Crippen LogP contribution in [0.2, 0.25) is 0 Å². The Morgan fingerprint density at radius 3 is 2.24 bits per heavy atom. The average Bonchev–Trinajstić information content (AvgIpc) is 2.70. The summed E-state index contributed by atoms with van der Waals surface area (Å²) in [6.07, 6.45) is 6.53. The largest absolute Gasteiger partial charge is 0.300 e. The van der Waals surface area contributed by atoms with Crippen molar-refractivity contribution in [3.8, 4) is 11.3 Å². The number of nitrogens with zero attached hydrogens (tertiary/aromatic N) is 3. The molecule has 1 aromatic heterocycles. The molecule has 0 bridgehead atoms. The SMILES string of the molecule is CC(=O)C[C@H](C)C[C@H](C)/C=C/c1c(-c2ccc(F)cc2)nc(N(C)S(C)(=O)=O)nc1C(C)C. The smallest absolute Gasteiger partial charge is 0.239 e. The molecule has 0 aliphatic heterocycles. The summed E-state index contributed by atoms with van der Waals surface area (Å²) in [6, 6.07) is 5.96. The fraction of sp³-hybridized carbons (Fsp3) is 0.480. The highest BCUT2D eigenvalue weighted by Gasteiger charge is 2.22. The lowest BCUT2D eigenvalue weighted by Crippen LogP contribution is -2.27. The minimum atomic E-state index is -3.56. The first-order chi connectivity index (χ1) is 15.3. The summed E-state index contributed by atoms with van der Waals surface area (Å²) in [6.45, 7) is 9.72. The first-order valence-corrected chi connectivity index (χ1v) is 12.9. The van der Waals surface area contributed by atoms with E-state index in [1.54, 1.807) is 19.1 Å². The van der Waals surface area contributed by atoms with Crippen molar-refractivity contribution in [3.63, 3.8) is 0 Å². The number of rotatable bonds is 10. The van der Waals surface area contributed by atoms with Crippen molar-refractivity contribution in [1.82, 2.24) is 9.97 Å². The molecule has 33 heavy (non-hydrogen) atoms. The van der Waals surface area contributed by atoms with Gasteiger partial charge in [-0.2, -0.15) is 0 Å². The van der Waals surface area contributed by atoms with Crippen molar-refractivity contribution < 1.29 is 17.6 Å². The van der Waals surface area contributed by atoms with Crippen molar-refractivity contribution in [2.75, 3.05) is 17.6 Å². The Bertz CT molecular complexity index is 1110. The second kappa shape index (κ2) is 11.0. The molecule has 0 radical (unpaired) electrons. The Labute approximate surface area is 197 Å². The van der Waals surface area contributed by atoms with E-state index in [0.29, 0.717) is 23.4 Å². The number of carbonyl (C=O) groups excluding carboxylic acids is 1. The van der Waals surface area contributed by atoms with E-state index in [1.807, 2.05) is 19.9 Å². The summed E-state index contributed by atoms with van der Waals surface area (Å²) in [5.41, 5.74) is 2.68. The first-order valence-electron chi connectivity index (χ1n) is 11.1. The third kappa shape index (κ3) is 7.45. The normalized spacial score (nSPS) is 14.0. The number of benzene rings is 1. The van der Waals surface area contributed by atoms with Gasteiger partial charge in [0.15, 0.2) is 0 Å². The van der Waals surface area contributed by atoms with E-state index in [-0.39, 0.29) is 35.3 Å². The Kier molecular flexibility index (Phi) is 8.89. The minimum absolute atomic E-state index is 0.00880. The third-order valence-corrected chi connectivity index (χ3v) is 6.57. The molecule has 0 aliphatic carbocycles. The number of hydrogen-bond acceptors (Lipinski definition) is 5. The molecule has 6 nitrogen and oxygen atoms in total. The van der Waals surface area contributed by atoms with Crippen LogP contribution in [0, 0.1) is 17.7 Å². The summed E-state index contributed by atoms with van der Waals surface area (Å²) in [7, 11) is -2.15. The minimum Gasteiger partial charge on any atom is -0.300 e. The lowest BCUT2D eigenvalue weighted by Gasteiger charge is -2.20. The fourth-order valence-electron chi connectivity index (χ4n) is 3.74. The van der Waals surface area contributed by atoms with Crippen LogP contribution in [0.3, 0.4) is 0 Å². The van der Waals surface area contributed by atoms with Crippen LogP contribution in [0.25, 0.3) is 17.3 Å². The number of sulfonamides is 1. The maximum Gasteiger partial charge on any atom is 0.239 e. The van der Waals surface area contributed by atoms with Crippen LogP contribution in [-0.2, 0) is 14.8 Å². The molecule has 0 amide bonds. The second-order valence-corrected chi connectivity index (χ2v) is 11.2. The van der Waals surface area contributed by atoms with E-state index in [1.165, 1.54) is 19.2 Å². The molecule has 0 spiro atoms. The molecule has 8 heteroatoms. The Hall–Kier alpha value is -2.61. The standard InChI is InChI=1S/C25H34FN3O3S/c1-16(2)23-22(13-8-17(3)14-18(4)15-19(5)30)24(20-9-11-21(26)12-10-20)28-25(27-23)29(6)33(7,31)32/h8-13,16-18H,14-15H2,1-7H3/b13-8+/t17-,18-/m1/s1. The number of allylic oxidation sites excluding steroid dienone is 1. The second-order valence-electron chi connectivity index (χ2n) is 9.15. The zero-order valence-corrected chi connectivity index (χ0v) is 21.3. The molecule has 0 saturated heterocycles. The highest BCUT2D eigenvalue weighted by molar-refractivity contribution is 7.92. The number of aromatic nitrogens is 2. The highest BCUT2D eigenvalue weighted by atomic mass is 32.2. The summed E-state index contributed by atoms with van der Waals surface area (Å²) in [5.74, 6) is 0.351. The van der Waals surface area contributed by atoms with E-state index in [2.05, 4.69) is 29.9 Å². The van der Waals surface area contributed by atoms with Gasteiger partial charge in [-0.3, -0.25) is 0 Å². The number of halogens is 1. The van der Waals surface area contributed by atoms with Gasteiger partial charge in [0.2, 0.25) is 16.0 Å². The molecule has 0 unspecified atom stereocenters. The van der Waals surface area contributed by atoms with Crippen LogP contribution < -0.4 is 4.31 Å². The number of carbonyl (C=O) groups is 1. The average molecular weight is 476 g/mol. The Morgan fingerprint density at radius 2 is 1.73 bits per heavy atom. The number of hydrogen-bond donors (Lipinski definition) is 0. The van der Waals surface area contributed by atoms with Crippen LogP contribution in [0.4, 0.5) is 10.3 Å². The molecule has 1 aromatic carbocycles. The summed E-state index contributed by atoms with van der Waals surface area (Å²) >= 11 is 0. The third-order valence-electron chi connectivity index (χ3n) is 5.41. The van der Waals surface area contributed by atoms with Gasteiger partial charge in [0, 0.05) is 24.6 Å². The van der Waals surface area contributed by atoms with Gasteiger partial charge in [-0.25, -0.2) is 27.1 Å². The number of anilines is 1. The van der Waals surface area contributed by atoms with Gasteiger partial charge in [-0.15, -0.1) is 0 Å². The maximum atomic E-state index is 13.6. The zero-order valence-electron chi connectivity index (χ0n) is 20.5. The summed E-state index contributed by atoms with van der Waals surface area (Å²) in [5, 5.41) is 0. The van der Waals surface area contributed by atoms with Crippen molar-refractivity contribution in [3.05, 3.63) is 47.4 Å². The first kappa shape index (κ1) is 26.6. The van der Waals surface area contributed by atoms with E-state index >= 15 is 0 Å². The molecule has 0 aliphatic rings. The molecule has 0 fully saturated rings.